The molecule has 0 fully saturated rings. The van der Waals surface area contributed by atoms with E-state index in [1.54, 1.807) is 0 Å². The van der Waals surface area contributed by atoms with Gasteiger partial charge in [0.15, 0.2) is 0 Å². The van der Waals surface area contributed by atoms with E-state index in [0.29, 0.717) is 0 Å². The van der Waals surface area contributed by atoms with Crippen molar-refractivity contribution in [1.29, 1.82) is 0 Å². The summed E-state index contributed by atoms with van der Waals surface area (Å²) in [6, 6.07) is 0. The van der Waals surface area contributed by atoms with Gasteiger partial charge in [0.2, 0.25) is 6.86 Å². The van der Waals surface area contributed by atoms with Crippen molar-refractivity contribution < 1.29 is 14.2 Å². The molecule has 0 N–H and O–H groups in total. The van der Waals surface area contributed by atoms with Gasteiger partial charge in [0, 0.05) is 0 Å². The summed E-state index contributed by atoms with van der Waals surface area (Å²) in [5.74, 6) is 0. The maximum absolute atomic E-state index is 9.74. The minimum Gasteiger partial charge on any atom is -0.269 e. The quantitative estimate of drug-likeness (QED) is 0.454. The second kappa shape index (κ2) is 40.8. The Morgan fingerprint density at radius 1 is 1.71 bits per heavy atom. The molecule has 0 unspecified atom stereocenters. The van der Waals surface area contributed by atoms with Gasteiger partial charge in [-0.1, -0.05) is 20.3 Å². The highest BCUT2D eigenvalue weighted by Crippen LogP contribution is 1.54. The summed E-state index contributed by atoms with van der Waals surface area (Å²) in [6.45, 7) is 4.00. The van der Waals surface area contributed by atoms with Crippen molar-refractivity contribution in [1.82, 2.24) is 0 Å². The maximum atomic E-state index is 9.74. The molecule has 0 saturated heterocycles. The molecule has 0 amide bonds. The molecule has 0 atom stereocenters. The molecule has 0 heterocycles. The highest BCUT2D eigenvalue weighted by Gasteiger charge is 1.44. The third-order valence-corrected chi connectivity index (χ3v) is 0. The van der Waals surface area contributed by atoms with Crippen molar-refractivity contribution >= 4 is 0 Å². The van der Waals surface area contributed by atoms with Crippen molar-refractivity contribution in [2.24, 2.45) is 0 Å². The smallest absolute Gasteiger partial charge is 0.221 e. The van der Waals surface area contributed by atoms with Crippen LogP contribution in [0.2, 0.25) is 0 Å². The largest absolute Gasteiger partial charge is 0.269 e. The third-order valence-electron chi connectivity index (χ3n) is 0. The van der Waals surface area contributed by atoms with Crippen LogP contribution in [0.5, 0.6) is 0 Å². The van der Waals surface area contributed by atoms with Crippen LogP contribution in [0.1, 0.15) is 13.3 Å². The van der Waals surface area contributed by atoms with E-state index >= 15 is 0 Å². The van der Waals surface area contributed by atoms with Crippen molar-refractivity contribution in [3.63, 3.8) is 0 Å². The Labute approximate surface area is 42.5 Å². The third kappa shape index (κ3) is 2620. The van der Waals surface area contributed by atoms with Gasteiger partial charge in [-0.05, 0) is 0 Å². The molecule has 0 aromatic heterocycles. The lowest BCUT2D eigenvalue weighted by Gasteiger charge is -1.47. The normalized spacial score (nSPS) is 5.14. The number of hydrogen-bond acceptors (Lipinski definition) is 0. The predicted octanol–water partition coefficient (Wildman–Crippen LogP) is 1.73. The Morgan fingerprint density at radius 2 is 1.71 bits per heavy atom. The first-order chi connectivity index (χ1) is 2.83. The van der Waals surface area contributed by atoms with Crippen LogP contribution in [0.4, 0.5) is 9.09 Å². The first kappa shape index (κ1) is 15.8. The molecule has 46 valence electrons. The Kier molecular flexibility index (Phi) is 92.3. The van der Waals surface area contributed by atoms with Gasteiger partial charge >= 0.3 is 0 Å². The fourth-order valence-electron chi connectivity index (χ4n) is 0. The molecule has 0 saturated carbocycles. The van der Waals surface area contributed by atoms with E-state index in [1.165, 1.54) is 0 Å². The minimum atomic E-state index is -1.50. The lowest BCUT2D eigenvalue weighted by Crippen LogP contribution is -1.47. The lowest BCUT2D eigenvalue weighted by atomic mass is 10.6. The monoisotopic (exact) mass is 112 g/mol. The van der Waals surface area contributed by atoms with Gasteiger partial charge in [-0.15, -0.1) is 0 Å². The Bertz CT molecular complexity index is 11.7. The van der Waals surface area contributed by atoms with Gasteiger partial charge in [-0.25, -0.2) is 4.39 Å². The number of rotatable bonds is 0. The van der Waals surface area contributed by atoms with E-state index in [2.05, 4.69) is 6.92 Å². The van der Waals surface area contributed by atoms with Crippen LogP contribution in [-0.2, 0) is 5.11 Å². The first-order valence-electron chi connectivity index (χ1n) is 1.76. The molecule has 0 spiro atoms. The van der Waals surface area contributed by atoms with Crippen molar-refractivity contribution in [3.05, 3.63) is 6.92 Å². The average molecular weight is 112 g/mol. The Morgan fingerprint density at radius 3 is 1.71 bits per heavy atom. The van der Waals surface area contributed by atoms with Gasteiger partial charge in [-0.2, -0.15) is 5.11 Å². The molecule has 1 nitrogen and oxygen atoms in total. The Hall–Kier alpha value is -0.180. The van der Waals surface area contributed by atoms with Crippen LogP contribution < -0.4 is 0 Å². The minimum absolute atomic E-state index is 0. The molecular formula is C4H10F2O. The zero-order valence-electron chi connectivity index (χ0n) is 4.32. The molecule has 0 aliphatic rings. The summed E-state index contributed by atoms with van der Waals surface area (Å²) < 4.78 is 9.74. The average Bonchev–Trinajstić information content (AvgIpc) is 1.39. The van der Waals surface area contributed by atoms with Crippen molar-refractivity contribution in [2.45, 2.75) is 13.3 Å². The van der Waals surface area contributed by atoms with Crippen LogP contribution in [-0.4, -0.2) is 6.86 Å². The summed E-state index contributed by atoms with van der Waals surface area (Å²) in [7, 11) is 0. The SMILES string of the molecule is F.[CH2]CC.[O]CF. The summed E-state index contributed by atoms with van der Waals surface area (Å²) in [4.78, 5) is 0. The highest BCUT2D eigenvalue weighted by molar-refractivity contribution is 4.18. The standard InChI is InChI=1S/C3H7.CH2FO.FH/c1-3-2;2-1-3;/h1,3H2,2H3;1H2;1H. The molecule has 2 radical (unpaired) electrons. The number of alkyl halides is 1. The molecule has 0 aromatic rings. The molecule has 0 aliphatic heterocycles. The number of halogens is 2. The van der Waals surface area contributed by atoms with Gasteiger partial charge in [-0.3, -0.25) is 4.70 Å². The van der Waals surface area contributed by atoms with Gasteiger partial charge in [0.05, 0.1) is 0 Å². The van der Waals surface area contributed by atoms with Gasteiger partial charge < -0.3 is 0 Å². The fraction of sp³-hybridized carbons (Fsp3) is 0.750. The molecule has 0 rings (SSSR count). The van der Waals surface area contributed by atoms with Crippen LogP contribution in [0.25, 0.3) is 0 Å². The molecule has 0 bridgehead atoms. The molecule has 7 heavy (non-hydrogen) atoms. The topological polar surface area (TPSA) is 19.9 Å². The van der Waals surface area contributed by atoms with Crippen molar-refractivity contribution in [3.8, 4) is 0 Å². The molecule has 0 aromatic carbocycles. The van der Waals surface area contributed by atoms with Crippen LogP contribution >= 0.6 is 0 Å². The summed E-state index contributed by atoms with van der Waals surface area (Å²) >= 11 is 0. The second-order valence-corrected chi connectivity index (χ2v) is 0.609. The summed E-state index contributed by atoms with van der Waals surface area (Å²) in [5.41, 5.74) is 0. The van der Waals surface area contributed by atoms with Crippen LogP contribution in [0.15, 0.2) is 0 Å². The van der Waals surface area contributed by atoms with E-state index in [0.717, 1.165) is 6.42 Å². The van der Waals surface area contributed by atoms with E-state index < -0.39 is 6.86 Å². The van der Waals surface area contributed by atoms with E-state index in [1.807, 2.05) is 6.92 Å². The molecular weight excluding hydrogens is 102 g/mol. The zero-order valence-corrected chi connectivity index (χ0v) is 4.32. The van der Waals surface area contributed by atoms with Crippen LogP contribution in [0.3, 0.4) is 0 Å². The van der Waals surface area contributed by atoms with Gasteiger partial charge in [0.1, 0.15) is 0 Å². The van der Waals surface area contributed by atoms with Crippen LogP contribution in [0, 0.1) is 6.92 Å². The summed E-state index contributed by atoms with van der Waals surface area (Å²) in [5, 5.41) is 8.26. The van der Waals surface area contributed by atoms with E-state index in [9.17, 15) is 4.39 Å². The Balaban J connectivity index is -0.0000000400. The lowest BCUT2D eigenvalue weighted by molar-refractivity contribution is 0.0916. The van der Waals surface area contributed by atoms with E-state index in [4.69, 9.17) is 5.11 Å². The number of hydrogen-bond donors (Lipinski definition) is 0. The fourth-order valence-corrected chi connectivity index (χ4v) is 0. The zero-order chi connectivity index (χ0) is 5.41. The highest BCUT2D eigenvalue weighted by atomic mass is 19.1. The van der Waals surface area contributed by atoms with Crippen molar-refractivity contribution in [2.75, 3.05) is 6.86 Å². The molecule has 0 aliphatic carbocycles. The van der Waals surface area contributed by atoms with Gasteiger partial charge in [0.25, 0.3) is 0 Å². The summed E-state index contributed by atoms with van der Waals surface area (Å²) in [6.07, 6.45) is 1.00. The predicted molar refractivity (Wildman–Crippen MR) is 24.8 cm³/mol. The second-order valence-electron chi connectivity index (χ2n) is 0.609. The maximum Gasteiger partial charge on any atom is 0.221 e. The first-order valence-corrected chi connectivity index (χ1v) is 1.76. The van der Waals surface area contributed by atoms with E-state index in [-0.39, 0.29) is 4.70 Å². The molecule has 3 heteroatoms.